The van der Waals surface area contributed by atoms with Gasteiger partial charge in [0.15, 0.2) is 0 Å². The zero-order chi connectivity index (χ0) is 8.97. The third kappa shape index (κ3) is 4.30. The molecule has 0 atom stereocenters. The first-order chi connectivity index (χ1) is 5.68. The molecule has 0 amide bonds. The Labute approximate surface area is 81.2 Å². The molecule has 0 aromatic heterocycles. The fourth-order valence-corrected chi connectivity index (χ4v) is 0.977. The molecule has 0 bridgehead atoms. The largest absolute Gasteiger partial charge is 0.478 e. The minimum absolute atomic E-state index is 0. The monoisotopic (exact) mass is 200 g/mol. The van der Waals surface area contributed by atoms with Gasteiger partial charge < -0.3 is 11.3 Å². The predicted molar refractivity (Wildman–Crippen MR) is 54.1 cm³/mol. The van der Waals surface area contributed by atoms with Gasteiger partial charge >= 0.3 is 5.97 Å². The van der Waals surface area contributed by atoms with Gasteiger partial charge in [0.25, 0.3) is 0 Å². The molecule has 1 aromatic rings. The first kappa shape index (κ1) is 11.7. The number of hydrogen-bond acceptors (Lipinski definition) is 1. The second-order valence-electron chi connectivity index (χ2n) is 2.23. The summed E-state index contributed by atoms with van der Waals surface area (Å²) in [6.45, 7) is 0. The van der Waals surface area contributed by atoms with E-state index in [1.54, 1.807) is 24.3 Å². The number of rotatable bonds is 2. The second kappa shape index (κ2) is 5.35. The third-order valence-corrected chi connectivity index (χ3v) is 1.50. The summed E-state index contributed by atoms with van der Waals surface area (Å²) < 4.78 is 0. The quantitative estimate of drug-likeness (QED) is 0.721. The molecule has 0 unspecified atom stereocenters. The summed E-state index contributed by atoms with van der Waals surface area (Å²) in [6.07, 6.45) is 2.57. The molecule has 13 heavy (non-hydrogen) atoms. The maximum atomic E-state index is 10.1. The number of benzene rings is 1. The molecule has 70 valence electrons. The summed E-state index contributed by atoms with van der Waals surface area (Å²) in [4.78, 5) is 10.1. The van der Waals surface area contributed by atoms with Crippen molar-refractivity contribution < 1.29 is 9.90 Å². The molecular weight excluding hydrogens is 190 g/mol. The molecule has 4 heteroatoms. The smallest absolute Gasteiger partial charge is 0.328 e. The molecule has 0 fully saturated rings. The SMILES string of the molecule is O=C(O)/C=C/c1cccc(Cl)c1.[NH4+]. The highest BCUT2D eigenvalue weighted by atomic mass is 35.5. The van der Waals surface area contributed by atoms with Crippen LogP contribution in [0.4, 0.5) is 0 Å². The predicted octanol–water partition coefficient (Wildman–Crippen LogP) is 2.81. The van der Waals surface area contributed by atoms with Crippen LogP contribution in [0.15, 0.2) is 30.3 Å². The fraction of sp³-hybridized carbons (Fsp3) is 0. The maximum Gasteiger partial charge on any atom is 0.328 e. The Hall–Kier alpha value is -1.32. The van der Waals surface area contributed by atoms with Gasteiger partial charge in [-0.25, -0.2) is 4.79 Å². The van der Waals surface area contributed by atoms with Crippen molar-refractivity contribution in [2.24, 2.45) is 0 Å². The van der Waals surface area contributed by atoms with Crippen LogP contribution in [-0.4, -0.2) is 11.1 Å². The number of quaternary nitrogens is 1. The van der Waals surface area contributed by atoms with Crippen molar-refractivity contribution in [1.82, 2.24) is 6.15 Å². The van der Waals surface area contributed by atoms with Gasteiger partial charge in [0, 0.05) is 11.1 Å². The lowest BCUT2D eigenvalue weighted by Gasteiger charge is -1.92. The lowest BCUT2D eigenvalue weighted by Crippen LogP contribution is -1.85. The molecule has 0 aliphatic rings. The minimum atomic E-state index is -0.963. The van der Waals surface area contributed by atoms with Crippen molar-refractivity contribution in [3.8, 4) is 0 Å². The minimum Gasteiger partial charge on any atom is -0.478 e. The molecular formula is C9H11ClNO2+. The van der Waals surface area contributed by atoms with E-state index >= 15 is 0 Å². The molecule has 0 saturated heterocycles. The first-order valence-corrected chi connectivity index (χ1v) is 3.73. The number of halogens is 1. The Bertz CT molecular complexity index is 323. The van der Waals surface area contributed by atoms with Gasteiger partial charge in [0.1, 0.15) is 0 Å². The average molecular weight is 201 g/mol. The van der Waals surface area contributed by atoms with Crippen LogP contribution in [0.2, 0.25) is 5.02 Å². The molecule has 3 nitrogen and oxygen atoms in total. The van der Waals surface area contributed by atoms with Crippen molar-refractivity contribution >= 4 is 23.6 Å². The van der Waals surface area contributed by atoms with Crippen LogP contribution in [0.5, 0.6) is 0 Å². The standard InChI is InChI=1S/C9H7ClO2.H3N/c10-8-3-1-2-7(6-8)4-5-9(11)12;/h1-6H,(H,11,12);1H3/p+1/b5-4+;. The van der Waals surface area contributed by atoms with Crippen molar-refractivity contribution in [3.63, 3.8) is 0 Å². The van der Waals surface area contributed by atoms with Gasteiger partial charge in [0.2, 0.25) is 0 Å². The second-order valence-corrected chi connectivity index (χ2v) is 2.66. The highest BCUT2D eigenvalue weighted by Gasteiger charge is 1.90. The summed E-state index contributed by atoms with van der Waals surface area (Å²) in [5.74, 6) is -0.963. The number of hydrogen-bond donors (Lipinski definition) is 2. The Morgan fingerprint density at radius 1 is 1.46 bits per heavy atom. The zero-order valence-corrected chi connectivity index (χ0v) is 7.95. The lowest BCUT2D eigenvalue weighted by molar-refractivity contribution is -0.131. The van der Waals surface area contributed by atoms with Crippen LogP contribution in [0, 0.1) is 0 Å². The van der Waals surface area contributed by atoms with Crippen LogP contribution < -0.4 is 6.15 Å². The Kier molecular flexibility index (Phi) is 4.80. The summed E-state index contributed by atoms with van der Waals surface area (Å²) >= 11 is 5.68. The Balaban J connectivity index is 0.00000144. The van der Waals surface area contributed by atoms with E-state index in [0.717, 1.165) is 11.6 Å². The van der Waals surface area contributed by atoms with Gasteiger partial charge in [-0.1, -0.05) is 23.7 Å². The molecule has 0 heterocycles. The van der Waals surface area contributed by atoms with Crippen LogP contribution in [0.3, 0.4) is 0 Å². The molecule has 0 radical (unpaired) electrons. The van der Waals surface area contributed by atoms with Crippen molar-refractivity contribution in [3.05, 3.63) is 40.9 Å². The number of carbonyl (C=O) groups is 1. The molecule has 5 N–H and O–H groups in total. The van der Waals surface area contributed by atoms with E-state index in [4.69, 9.17) is 16.7 Å². The average Bonchev–Trinajstić information content (AvgIpc) is 2.01. The summed E-state index contributed by atoms with van der Waals surface area (Å²) in [5, 5.41) is 8.92. The zero-order valence-electron chi connectivity index (χ0n) is 7.20. The molecule has 1 aromatic carbocycles. The number of carboxylic acids is 1. The molecule has 0 saturated carbocycles. The summed E-state index contributed by atoms with van der Waals surface area (Å²) in [5.41, 5.74) is 0.782. The van der Waals surface area contributed by atoms with Gasteiger partial charge in [-0.05, 0) is 23.8 Å². The fourth-order valence-electron chi connectivity index (χ4n) is 0.778. The lowest BCUT2D eigenvalue weighted by atomic mass is 10.2. The van der Waals surface area contributed by atoms with Gasteiger partial charge in [-0.3, -0.25) is 0 Å². The Morgan fingerprint density at radius 2 is 2.15 bits per heavy atom. The molecule has 0 aliphatic carbocycles. The molecule has 1 rings (SSSR count). The van der Waals surface area contributed by atoms with E-state index in [-0.39, 0.29) is 6.15 Å². The molecule has 0 spiro atoms. The van der Waals surface area contributed by atoms with Gasteiger partial charge in [-0.2, -0.15) is 0 Å². The maximum absolute atomic E-state index is 10.1. The van der Waals surface area contributed by atoms with Crippen LogP contribution >= 0.6 is 11.6 Å². The van der Waals surface area contributed by atoms with Crippen molar-refractivity contribution in [1.29, 1.82) is 0 Å². The topological polar surface area (TPSA) is 73.8 Å². The molecule has 0 aliphatic heterocycles. The summed E-state index contributed by atoms with van der Waals surface area (Å²) in [7, 11) is 0. The van der Waals surface area contributed by atoms with Crippen molar-refractivity contribution in [2.75, 3.05) is 0 Å². The van der Waals surface area contributed by atoms with E-state index in [1.165, 1.54) is 6.08 Å². The normalized spacial score (nSPS) is 9.62. The van der Waals surface area contributed by atoms with Crippen molar-refractivity contribution in [2.45, 2.75) is 0 Å². The van der Waals surface area contributed by atoms with E-state index in [2.05, 4.69) is 0 Å². The highest BCUT2D eigenvalue weighted by molar-refractivity contribution is 6.30. The van der Waals surface area contributed by atoms with E-state index in [9.17, 15) is 4.79 Å². The van der Waals surface area contributed by atoms with E-state index in [1.807, 2.05) is 0 Å². The first-order valence-electron chi connectivity index (χ1n) is 3.35. The number of aliphatic carboxylic acids is 1. The third-order valence-electron chi connectivity index (χ3n) is 1.27. The highest BCUT2D eigenvalue weighted by Crippen LogP contribution is 2.11. The van der Waals surface area contributed by atoms with Crippen LogP contribution in [-0.2, 0) is 4.79 Å². The van der Waals surface area contributed by atoms with E-state index in [0.29, 0.717) is 5.02 Å². The van der Waals surface area contributed by atoms with Crippen LogP contribution in [0.1, 0.15) is 5.56 Å². The van der Waals surface area contributed by atoms with Gasteiger partial charge in [0.05, 0.1) is 0 Å². The van der Waals surface area contributed by atoms with Crippen LogP contribution in [0.25, 0.3) is 6.08 Å². The Morgan fingerprint density at radius 3 is 2.69 bits per heavy atom. The summed E-state index contributed by atoms with van der Waals surface area (Å²) in [6, 6.07) is 6.98. The number of carboxylic acid groups (broad SMARTS) is 1. The van der Waals surface area contributed by atoms with Gasteiger partial charge in [-0.15, -0.1) is 0 Å². The van der Waals surface area contributed by atoms with E-state index < -0.39 is 5.97 Å².